The number of aliphatic hydroxyl groups is 1. The lowest BCUT2D eigenvalue weighted by Crippen LogP contribution is -2.33. The van der Waals surface area contributed by atoms with E-state index >= 15 is 0 Å². The molecule has 0 spiro atoms. The predicted molar refractivity (Wildman–Crippen MR) is 84.5 cm³/mol. The predicted octanol–water partition coefficient (Wildman–Crippen LogP) is 2.43. The highest BCUT2D eigenvalue weighted by molar-refractivity contribution is 6.32. The summed E-state index contributed by atoms with van der Waals surface area (Å²) in [5.41, 5.74) is 1.63. The second kappa shape index (κ2) is 5.98. The second-order valence-corrected chi connectivity index (χ2v) is 5.76. The first kappa shape index (κ1) is 14.9. The first-order valence-electron chi connectivity index (χ1n) is 7.10. The van der Waals surface area contributed by atoms with E-state index in [1.807, 2.05) is 25.1 Å². The largest absolute Gasteiger partial charge is 0.391 e. The Morgan fingerprint density at radius 1 is 1.45 bits per heavy atom. The number of aryl methyl sites for hydroxylation is 1. The van der Waals surface area contributed by atoms with E-state index in [-0.39, 0.29) is 6.03 Å². The number of carbonyl (C=O) groups excluding carboxylic acids is 1. The summed E-state index contributed by atoms with van der Waals surface area (Å²) in [6.07, 6.45) is 0.175. The van der Waals surface area contributed by atoms with Crippen LogP contribution in [0, 0.1) is 6.92 Å². The van der Waals surface area contributed by atoms with Crippen molar-refractivity contribution >= 4 is 23.4 Å². The Morgan fingerprint density at radius 2 is 2.23 bits per heavy atom. The normalized spacial score (nSPS) is 17.8. The second-order valence-electron chi connectivity index (χ2n) is 5.35. The lowest BCUT2D eigenvalue weighted by molar-refractivity contribution is 0.176. The Morgan fingerprint density at radius 3 is 2.91 bits per heavy atom. The molecule has 22 heavy (non-hydrogen) atoms. The number of likely N-dealkylation sites (tertiary alicyclic amines) is 1. The molecule has 2 aromatic rings. The number of β-amino-alcohol motifs (C(OH)–C–C–N with tert-alkyl or cyclic N) is 1. The average molecular weight is 321 g/mol. The first-order chi connectivity index (χ1) is 10.5. The van der Waals surface area contributed by atoms with Gasteiger partial charge < -0.3 is 10.0 Å². The van der Waals surface area contributed by atoms with Gasteiger partial charge in [0, 0.05) is 24.8 Å². The number of rotatable bonds is 2. The first-order valence-corrected chi connectivity index (χ1v) is 7.48. The fourth-order valence-electron chi connectivity index (χ4n) is 2.52. The van der Waals surface area contributed by atoms with Crippen molar-refractivity contribution in [3.05, 3.63) is 41.0 Å². The smallest absolute Gasteiger partial charge is 0.323 e. The van der Waals surface area contributed by atoms with Gasteiger partial charge in [0.2, 0.25) is 0 Å². The molecule has 3 rings (SSSR count). The number of urea groups is 1. The number of carbonyl (C=O) groups is 1. The number of aromatic nitrogens is 2. The monoisotopic (exact) mass is 320 g/mol. The van der Waals surface area contributed by atoms with Crippen LogP contribution in [-0.2, 0) is 0 Å². The van der Waals surface area contributed by atoms with Gasteiger partial charge in [-0.3, -0.25) is 5.32 Å². The van der Waals surface area contributed by atoms with E-state index in [4.69, 9.17) is 11.6 Å². The number of anilines is 1. The van der Waals surface area contributed by atoms with Crippen molar-refractivity contribution in [3.63, 3.8) is 0 Å². The van der Waals surface area contributed by atoms with E-state index in [0.29, 0.717) is 30.4 Å². The van der Waals surface area contributed by atoms with E-state index < -0.39 is 6.10 Å². The minimum Gasteiger partial charge on any atom is -0.391 e. The Hall–Kier alpha value is -2.05. The summed E-state index contributed by atoms with van der Waals surface area (Å²) in [5.74, 6) is 0.462. The van der Waals surface area contributed by atoms with Crippen LogP contribution in [0.25, 0.3) is 5.69 Å². The van der Waals surface area contributed by atoms with Gasteiger partial charge in [-0.2, -0.15) is 0 Å². The van der Waals surface area contributed by atoms with E-state index in [9.17, 15) is 9.90 Å². The number of aliphatic hydroxyl groups excluding tert-OH is 1. The molecule has 1 saturated heterocycles. The van der Waals surface area contributed by atoms with Crippen molar-refractivity contribution in [2.45, 2.75) is 19.4 Å². The number of hydrogen-bond acceptors (Lipinski definition) is 3. The number of para-hydroxylation sites is 1. The molecule has 2 amide bonds. The molecule has 1 aromatic carbocycles. The van der Waals surface area contributed by atoms with Gasteiger partial charge in [0.1, 0.15) is 0 Å². The zero-order valence-electron chi connectivity index (χ0n) is 12.2. The molecule has 0 saturated carbocycles. The Labute approximate surface area is 133 Å². The molecule has 0 radical (unpaired) electrons. The van der Waals surface area contributed by atoms with Crippen LogP contribution >= 0.6 is 11.6 Å². The summed E-state index contributed by atoms with van der Waals surface area (Å²) in [6, 6.07) is 8.93. The number of halogens is 1. The zero-order valence-corrected chi connectivity index (χ0v) is 12.9. The fourth-order valence-corrected chi connectivity index (χ4v) is 2.73. The molecule has 2 heterocycles. The number of amides is 2. The molecule has 2 N–H and O–H groups in total. The van der Waals surface area contributed by atoms with Crippen LogP contribution in [0.15, 0.2) is 30.3 Å². The van der Waals surface area contributed by atoms with Crippen LogP contribution in [0.1, 0.15) is 12.1 Å². The molecule has 6 nitrogen and oxygen atoms in total. The summed E-state index contributed by atoms with van der Waals surface area (Å²) < 4.78 is 1.69. The van der Waals surface area contributed by atoms with Crippen molar-refractivity contribution in [1.82, 2.24) is 14.7 Å². The lowest BCUT2D eigenvalue weighted by atomic mass is 10.3. The van der Waals surface area contributed by atoms with Crippen molar-refractivity contribution in [3.8, 4) is 5.69 Å². The number of hydrogen-bond donors (Lipinski definition) is 2. The van der Waals surface area contributed by atoms with Gasteiger partial charge in [0.15, 0.2) is 5.82 Å². The topological polar surface area (TPSA) is 70.4 Å². The molecular formula is C15H17ClN4O2. The average Bonchev–Trinajstić information content (AvgIpc) is 3.06. The van der Waals surface area contributed by atoms with Crippen molar-refractivity contribution in [2.24, 2.45) is 0 Å². The van der Waals surface area contributed by atoms with Gasteiger partial charge in [0.25, 0.3) is 0 Å². The molecule has 116 valence electrons. The van der Waals surface area contributed by atoms with Gasteiger partial charge in [-0.15, -0.1) is 5.10 Å². The molecule has 1 atom stereocenters. The van der Waals surface area contributed by atoms with Crippen molar-refractivity contribution < 1.29 is 9.90 Å². The summed E-state index contributed by atoms with van der Waals surface area (Å²) in [4.78, 5) is 13.7. The molecule has 7 heteroatoms. The van der Waals surface area contributed by atoms with Crippen LogP contribution in [0.3, 0.4) is 0 Å². The molecule has 1 aliphatic heterocycles. The van der Waals surface area contributed by atoms with Gasteiger partial charge in [-0.05, 0) is 25.5 Å². The summed E-state index contributed by atoms with van der Waals surface area (Å²) in [5, 5.41) is 17.2. The summed E-state index contributed by atoms with van der Waals surface area (Å²) in [7, 11) is 0. The maximum absolute atomic E-state index is 12.1. The van der Waals surface area contributed by atoms with Crippen molar-refractivity contribution in [1.29, 1.82) is 0 Å². The molecule has 0 unspecified atom stereocenters. The third kappa shape index (κ3) is 2.93. The molecule has 1 aliphatic rings. The minimum atomic E-state index is -0.437. The Bertz CT molecular complexity index is 701. The molecular weight excluding hydrogens is 304 g/mol. The van der Waals surface area contributed by atoms with Gasteiger partial charge in [-0.25, -0.2) is 9.48 Å². The van der Waals surface area contributed by atoms with Crippen LogP contribution < -0.4 is 5.32 Å². The van der Waals surface area contributed by atoms with E-state index in [1.54, 1.807) is 21.7 Å². The molecule has 1 aromatic heterocycles. The number of nitrogens with one attached hydrogen (secondary N) is 1. The Balaban J connectivity index is 1.78. The van der Waals surface area contributed by atoms with Crippen LogP contribution in [0.4, 0.5) is 10.6 Å². The van der Waals surface area contributed by atoms with Crippen molar-refractivity contribution in [2.75, 3.05) is 18.4 Å². The lowest BCUT2D eigenvalue weighted by Gasteiger charge is -2.15. The van der Waals surface area contributed by atoms with Crippen LogP contribution in [-0.4, -0.2) is 45.0 Å². The molecule has 1 fully saturated rings. The van der Waals surface area contributed by atoms with Gasteiger partial charge in [-0.1, -0.05) is 23.7 Å². The summed E-state index contributed by atoms with van der Waals surface area (Å²) in [6.45, 7) is 2.80. The fraction of sp³-hybridized carbons (Fsp3) is 0.333. The number of benzene rings is 1. The highest BCUT2D eigenvalue weighted by atomic mass is 35.5. The summed E-state index contributed by atoms with van der Waals surface area (Å²) >= 11 is 6.18. The number of nitrogens with zero attached hydrogens (tertiary/aromatic N) is 3. The van der Waals surface area contributed by atoms with Crippen LogP contribution in [0.2, 0.25) is 5.02 Å². The molecule has 0 aliphatic carbocycles. The van der Waals surface area contributed by atoms with E-state index in [2.05, 4.69) is 10.4 Å². The van der Waals surface area contributed by atoms with E-state index in [0.717, 1.165) is 11.4 Å². The third-order valence-electron chi connectivity index (χ3n) is 3.65. The van der Waals surface area contributed by atoms with Gasteiger partial charge >= 0.3 is 6.03 Å². The van der Waals surface area contributed by atoms with E-state index in [1.165, 1.54) is 0 Å². The third-order valence-corrected chi connectivity index (χ3v) is 3.97. The highest BCUT2D eigenvalue weighted by Gasteiger charge is 2.25. The van der Waals surface area contributed by atoms with Gasteiger partial charge in [0.05, 0.1) is 16.8 Å². The standard InChI is InChI=1S/C15H17ClN4O2/c1-10-8-14(17-15(22)19-7-6-11(21)9-19)18-20(10)13-5-3-2-4-12(13)16/h2-5,8,11,21H,6-7,9H2,1H3,(H,17,18,22)/t11-/m1/s1. The maximum atomic E-state index is 12.1. The molecule has 0 bridgehead atoms. The SMILES string of the molecule is Cc1cc(NC(=O)N2CC[C@@H](O)C2)nn1-c1ccccc1Cl. The van der Waals surface area contributed by atoms with Crippen LogP contribution in [0.5, 0.6) is 0 Å². The quantitative estimate of drug-likeness (QED) is 0.893. The maximum Gasteiger partial charge on any atom is 0.323 e. The zero-order chi connectivity index (χ0) is 15.7. The highest BCUT2D eigenvalue weighted by Crippen LogP contribution is 2.22. The Kier molecular flexibility index (Phi) is 4.04. The minimum absolute atomic E-state index is 0.250.